The maximum Gasteiger partial charge on any atom is 0.211 e. The van der Waals surface area contributed by atoms with Crippen LogP contribution in [0, 0.1) is 5.92 Å². The van der Waals surface area contributed by atoms with Crippen LogP contribution >= 0.6 is 0 Å². The molecule has 1 atom stereocenters. The molecule has 3 N–H and O–H groups in total. The number of nitrogens with two attached hydrogens (primary N) is 1. The molecular weight excluding hydrogens is 250 g/mol. The molecule has 18 heavy (non-hydrogen) atoms. The SMILES string of the molecule is CC(CCN)CNS(=O)(=O)CCc1ccccn1. The molecule has 1 rings (SSSR count). The van der Waals surface area contributed by atoms with Crippen molar-refractivity contribution >= 4 is 10.0 Å². The van der Waals surface area contributed by atoms with E-state index in [-0.39, 0.29) is 11.7 Å². The van der Waals surface area contributed by atoms with E-state index in [1.807, 2.05) is 25.1 Å². The standard InChI is InChI=1S/C12H21N3O2S/c1-11(5-7-13)10-15-18(16,17)9-6-12-4-2-3-8-14-12/h2-4,8,11,15H,5-7,9-10,13H2,1H3. The van der Waals surface area contributed by atoms with Crippen LogP contribution in [-0.4, -0.2) is 32.2 Å². The van der Waals surface area contributed by atoms with E-state index in [9.17, 15) is 8.42 Å². The zero-order valence-electron chi connectivity index (χ0n) is 10.7. The highest BCUT2D eigenvalue weighted by atomic mass is 32.2. The van der Waals surface area contributed by atoms with Gasteiger partial charge in [0.1, 0.15) is 0 Å². The number of aryl methyl sites for hydroxylation is 1. The van der Waals surface area contributed by atoms with Gasteiger partial charge >= 0.3 is 0 Å². The summed E-state index contributed by atoms with van der Waals surface area (Å²) < 4.78 is 26.1. The van der Waals surface area contributed by atoms with Gasteiger partial charge in [-0.2, -0.15) is 0 Å². The third kappa shape index (κ3) is 6.09. The maximum absolute atomic E-state index is 11.7. The van der Waals surface area contributed by atoms with Crippen LogP contribution in [0.4, 0.5) is 0 Å². The van der Waals surface area contributed by atoms with Gasteiger partial charge in [-0.15, -0.1) is 0 Å². The maximum atomic E-state index is 11.7. The van der Waals surface area contributed by atoms with Crippen molar-refractivity contribution in [3.8, 4) is 0 Å². The molecule has 0 aliphatic carbocycles. The van der Waals surface area contributed by atoms with Crippen molar-refractivity contribution in [3.63, 3.8) is 0 Å². The third-order valence-electron chi connectivity index (χ3n) is 2.66. The molecule has 102 valence electrons. The van der Waals surface area contributed by atoms with Crippen LogP contribution in [0.25, 0.3) is 0 Å². The molecule has 0 spiro atoms. The zero-order chi connectivity index (χ0) is 13.4. The number of aromatic nitrogens is 1. The van der Waals surface area contributed by atoms with Gasteiger partial charge < -0.3 is 5.73 Å². The van der Waals surface area contributed by atoms with Gasteiger partial charge in [0, 0.05) is 24.9 Å². The number of sulfonamides is 1. The molecule has 0 amide bonds. The Hall–Kier alpha value is -0.980. The molecular formula is C12H21N3O2S. The lowest BCUT2D eigenvalue weighted by Gasteiger charge is -2.11. The molecule has 0 saturated heterocycles. The van der Waals surface area contributed by atoms with Gasteiger partial charge in [-0.05, 0) is 31.0 Å². The predicted molar refractivity (Wildman–Crippen MR) is 72.6 cm³/mol. The van der Waals surface area contributed by atoms with Gasteiger partial charge in [0.2, 0.25) is 10.0 Å². The second-order valence-corrected chi connectivity index (χ2v) is 6.35. The molecule has 0 aliphatic heterocycles. The first-order valence-corrected chi connectivity index (χ1v) is 7.76. The number of pyridine rings is 1. The second-order valence-electron chi connectivity index (χ2n) is 4.42. The summed E-state index contributed by atoms with van der Waals surface area (Å²) in [7, 11) is -3.22. The molecule has 5 nitrogen and oxygen atoms in total. The first-order valence-electron chi connectivity index (χ1n) is 6.11. The molecule has 0 aromatic carbocycles. The van der Waals surface area contributed by atoms with Crippen LogP contribution in [-0.2, 0) is 16.4 Å². The highest BCUT2D eigenvalue weighted by molar-refractivity contribution is 7.89. The monoisotopic (exact) mass is 271 g/mol. The molecule has 1 aromatic rings. The Morgan fingerprint density at radius 3 is 2.83 bits per heavy atom. The van der Waals surface area contributed by atoms with Crippen molar-refractivity contribution in [2.45, 2.75) is 19.8 Å². The summed E-state index contributed by atoms with van der Waals surface area (Å²) in [5, 5.41) is 0. The smallest absolute Gasteiger partial charge is 0.211 e. The quantitative estimate of drug-likeness (QED) is 0.722. The molecule has 0 aliphatic rings. The lowest BCUT2D eigenvalue weighted by Crippen LogP contribution is -2.31. The van der Waals surface area contributed by atoms with Crippen LogP contribution in [0.1, 0.15) is 19.0 Å². The van der Waals surface area contributed by atoms with E-state index in [0.717, 1.165) is 12.1 Å². The molecule has 6 heteroatoms. The topological polar surface area (TPSA) is 85.1 Å². The van der Waals surface area contributed by atoms with Crippen molar-refractivity contribution in [1.29, 1.82) is 0 Å². The molecule has 1 unspecified atom stereocenters. The van der Waals surface area contributed by atoms with Gasteiger partial charge in [0.15, 0.2) is 0 Å². The fourth-order valence-corrected chi connectivity index (χ4v) is 2.67. The minimum atomic E-state index is -3.22. The summed E-state index contributed by atoms with van der Waals surface area (Å²) in [5.41, 5.74) is 6.21. The Morgan fingerprint density at radius 1 is 1.44 bits per heavy atom. The van der Waals surface area contributed by atoms with Crippen LogP contribution in [0.15, 0.2) is 24.4 Å². The third-order valence-corrected chi connectivity index (χ3v) is 4.01. The van der Waals surface area contributed by atoms with Crippen molar-refractivity contribution in [2.75, 3.05) is 18.8 Å². The Morgan fingerprint density at radius 2 is 2.22 bits per heavy atom. The van der Waals surface area contributed by atoms with Crippen molar-refractivity contribution in [3.05, 3.63) is 30.1 Å². The van der Waals surface area contributed by atoms with E-state index in [4.69, 9.17) is 5.73 Å². The van der Waals surface area contributed by atoms with Gasteiger partial charge in [0.05, 0.1) is 5.75 Å². The van der Waals surface area contributed by atoms with Crippen molar-refractivity contribution in [1.82, 2.24) is 9.71 Å². The largest absolute Gasteiger partial charge is 0.330 e. The fraction of sp³-hybridized carbons (Fsp3) is 0.583. The molecule has 0 fully saturated rings. The normalized spacial score (nSPS) is 13.4. The van der Waals surface area contributed by atoms with Crippen LogP contribution in [0.5, 0.6) is 0 Å². The Kier molecular flexibility index (Phi) is 6.24. The van der Waals surface area contributed by atoms with E-state index in [1.54, 1.807) is 6.20 Å². The number of hydrogen-bond acceptors (Lipinski definition) is 4. The van der Waals surface area contributed by atoms with E-state index in [2.05, 4.69) is 9.71 Å². The summed E-state index contributed by atoms with van der Waals surface area (Å²) in [5.74, 6) is 0.332. The lowest BCUT2D eigenvalue weighted by atomic mass is 10.1. The van der Waals surface area contributed by atoms with Crippen molar-refractivity contribution < 1.29 is 8.42 Å². The van der Waals surface area contributed by atoms with E-state index < -0.39 is 10.0 Å². The second kappa shape index (κ2) is 7.45. The van der Waals surface area contributed by atoms with Gasteiger partial charge in [0.25, 0.3) is 0 Å². The number of hydrogen-bond donors (Lipinski definition) is 2. The summed E-state index contributed by atoms with van der Waals surface area (Å²) in [6.07, 6.45) is 2.92. The Bertz CT molecular complexity index is 434. The molecule has 1 heterocycles. The minimum absolute atomic E-state index is 0.0688. The van der Waals surface area contributed by atoms with Crippen LogP contribution < -0.4 is 10.5 Å². The summed E-state index contributed by atoms with van der Waals surface area (Å²) in [6, 6.07) is 5.49. The number of rotatable bonds is 8. The van der Waals surface area contributed by atoms with Gasteiger partial charge in [-0.1, -0.05) is 13.0 Å². The average Bonchev–Trinajstić information content (AvgIpc) is 2.36. The summed E-state index contributed by atoms with van der Waals surface area (Å²) >= 11 is 0. The Labute approximate surface area is 109 Å². The molecule has 0 bridgehead atoms. The highest BCUT2D eigenvalue weighted by Crippen LogP contribution is 2.01. The number of nitrogens with zero attached hydrogens (tertiary/aromatic N) is 1. The van der Waals surface area contributed by atoms with Gasteiger partial charge in [-0.3, -0.25) is 4.98 Å². The summed E-state index contributed by atoms with van der Waals surface area (Å²) in [6.45, 7) is 3.01. The van der Waals surface area contributed by atoms with E-state index in [1.165, 1.54) is 0 Å². The van der Waals surface area contributed by atoms with Gasteiger partial charge in [-0.25, -0.2) is 13.1 Å². The first-order chi connectivity index (χ1) is 8.53. The van der Waals surface area contributed by atoms with Crippen molar-refractivity contribution in [2.24, 2.45) is 11.7 Å². The lowest BCUT2D eigenvalue weighted by molar-refractivity contribution is 0.515. The van der Waals surface area contributed by atoms with Crippen LogP contribution in [0.3, 0.4) is 0 Å². The average molecular weight is 271 g/mol. The highest BCUT2D eigenvalue weighted by Gasteiger charge is 2.12. The first kappa shape index (κ1) is 15.1. The van der Waals surface area contributed by atoms with E-state index in [0.29, 0.717) is 19.5 Å². The summed E-state index contributed by atoms with van der Waals surface area (Å²) in [4.78, 5) is 4.10. The van der Waals surface area contributed by atoms with E-state index >= 15 is 0 Å². The molecule has 0 saturated carbocycles. The Balaban J connectivity index is 2.36. The zero-order valence-corrected chi connectivity index (χ0v) is 11.5. The molecule has 1 aromatic heterocycles. The van der Waals surface area contributed by atoms with Crippen LogP contribution in [0.2, 0.25) is 0 Å². The fourth-order valence-electron chi connectivity index (χ4n) is 1.51. The predicted octanol–water partition coefficient (Wildman–Crippen LogP) is 0.528. The molecule has 0 radical (unpaired) electrons. The number of nitrogens with one attached hydrogen (secondary N) is 1. The minimum Gasteiger partial charge on any atom is -0.330 e.